The van der Waals surface area contributed by atoms with Crippen LogP contribution in [0.4, 0.5) is 0 Å². The van der Waals surface area contributed by atoms with Gasteiger partial charge in [-0.2, -0.15) is 8.61 Å². The Morgan fingerprint density at radius 2 is 0.750 bits per heavy atom. The lowest BCUT2D eigenvalue weighted by Crippen LogP contribution is -2.32. The zero-order chi connectivity index (χ0) is 23.8. The maximum absolute atomic E-state index is 12.9. The van der Waals surface area contributed by atoms with E-state index in [2.05, 4.69) is 0 Å². The van der Waals surface area contributed by atoms with E-state index in [4.69, 9.17) is 0 Å². The second-order valence-corrected chi connectivity index (χ2v) is 11.7. The molecule has 0 radical (unpaired) electrons. The van der Waals surface area contributed by atoms with E-state index in [-0.39, 0.29) is 9.79 Å². The fourth-order valence-corrected chi connectivity index (χ4v) is 6.89. The van der Waals surface area contributed by atoms with Gasteiger partial charge in [0.15, 0.2) is 0 Å². The summed E-state index contributed by atoms with van der Waals surface area (Å²) >= 11 is 0. The van der Waals surface area contributed by atoms with E-state index in [1.54, 1.807) is 48.5 Å². The summed E-state index contributed by atoms with van der Waals surface area (Å²) in [4.78, 5) is 0.550. The van der Waals surface area contributed by atoms with Crippen LogP contribution in [0.15, 0.2) is 58.3 Å². The number of rotatable bonds is 13. The van der Waals surface area contributed by atoms with Gasteiger partial charge in [-0.25, -0.2) is 16.8 Å². The van der Waals surface area contributed by atoms with Crippen molar-refractivity contribution in [3.8, 4) is 11.1 Å². The molecule has 0 fully saturated rings. The summed E-state index contributed by atoms with van der Waals surface area (Å²) in [5.74, 6) is 0. The van der Waals surface area contributed by atoms with Gasteiger partial charge in [-0.15, -0.1) is 0 Å². The average Bonchev–Trinajstić information content (AvgIpc) is 2.79. The summed E-state index contributed by atoms with van der Waals surface area (Å²) < 4.78 is 54.8. The standard InChI is InChI=1S/C24H36N2O4S2/c1-5-17-25(18-6-2)31(27,28)23-13-9-21(10-14-23)22-11-15-24(16-12-22)32(29,30)26(19-7-3)20-8-4/h9-16H,5-8,17-20H2,1-4H3. The van der Waals surface area contributed by atoms with Crippen molar-refractivity contribution in [3.63, 3.8) is 0 Å². The first-order chi connectivity index (χ1) is 15.2. The minimum atomic E-state index is -3.52. The summed E-state index contributed by atoms with van der Waals surface area (Å²) in [5, 5.41) is 0. The predicted octanol–water partition coefficient (Wildman–Crippen LogP) is 4.98. The lowest BCUT2D eigenvalue weighted by atomic mass is 10.1. The van der Waals surface area contributed by atoms with Crippen LogP contribution in [0.5, 0.6) is 0 Å². The topological polar surface area (TPSA) is 74.8 Å². The van der Waals surface area contributed by atoms with Crippen LogP contribution >= 0.6 is 0 Å². The maximum atomic E-state index is 12.9. The molecule has 0 unspecified atom stereocenters. The molecule has 0 bridgehead atoms. The zero-order valence-electron chi connectivity index (χ0n) is 19.6. The molecule has 0 saturated carbocycles. The van der Waals surface area contributed by atoms with Crippen LogP contribution in [0.25, 0.3) is 11.1 Å². The second-order valence-electron chi connectivity index (χ2n) is 7.86. The molecule has 2 aromatic rings. The molecule has 2 rings (SSSR count). The minimum absolute atomic E-state index is 0.275. The molecule has 178 valence electrons. The van der Waals surface area contributed by atoms with Crippen molar-refractivity contribution in [3.05, 3.63) is 48.5 Å². The normalized spacial score (nSPS) is 12.6. The molecule has 0 spiro atoms. The van der Waals surface area contributed by atoms with Crippen LogP contribution in [-0.2, 0) is 20.0 Å². The number of sulfonamides is 2. The van der Waals surface area contributed by atoms with E-state index < -0.39 is 20.0 Å². The van der Waals surface area contributed by atoms with E-state index >= 15 is 0 Å². The quantitative estimate of drug-likeness (QED) is 0.405. The highest BCUT2D eigenvalue weighted by Crippen LogP contribution is 2.26. The van der Waals surface area contributed by atoms with E-state index in [0.717, 1.165) is 36.8 Å². The van der Waals surface area contributed by atoms with Crippen LogP contribution in [0.1, 0.15) is 53.4 Å². The van der Waals surface area contributed by atoms with E-state index in [1.807, 2.05) is 27.7 Å². The van der Waals surface area contributed by atoms with Gasteiger partial charge in [0.2, 0.25) is 20.0 Å². The Morgan fingerprint density at radius 1 is 0.500 bits per heavy atom. The number of nitrogens with zero attached hydrogens (tertiary/aromatic N) is 2. The zero-order valence-corrected chi connectivity index (χ0v) is 21.3. The molecule has 0 aromatic heterocycles. The Hall–Kier alpha value is -1.74. The van der Waals surface area contributed by atoms with Crippen LogP contribution < -0.4 is 0 Å². The van der Waals surface area contributed by atoms with Crippen LogP contribution in [0, 0.1) is 0 Å². The van der Waals surface area contributed by atoms with Crippen LogP contribution in [-0.4, -0.2) is 51.6 Å². The Bertz CT molecular complexity index is 949. The average molecular weight is 481 g/mol. The highest BCUT2D eigenvalue weighted by molar-refractivity contribution is 7.89. The van der Waals surface area contributed by atoms with Gasteiger partial charge in [0.1, 0.15) is 0 Å². The van der Waals surface area contributed by atoms with E-state index in [9.17, 15) is 16.8 Å². The van der Waals surface area contributed by atoms with Crippen molar-refractivity contribution in [2.75, 3.05) is 26.2 Å². The summed E-state index contributed by atoms with van der Waals surface area (Å²) in [5.41, 5.74) is 1.67. The molecule has 0 heterocycles. The van der Waals surface area contributed by atoms with E-state index in [1.165, 1.54) is 8.61 Å². The molecule has 6 nitrogen and oxygen atoms in total. The second kappa shape index (κ2) is 11.9. The Balaban J connectivity index is 2.27. The molecular weight excluding hydrogens is 444 g/mol. The molecule has 0 atom stereocenters. The van der Waals surface area contributed by atoms with Crippen molar-refractivity contribution in [2.45, 2.75) is 63.2 Å². The first-order valence-electron chi connectivity index (χ1n) is 11.4. The third-order valence-electron chi connectivity index (χ3n) is 5.21. The predicted molar refractivity (Wildman–Crippen MR) is 131 cm³/mol. The largest absolute Gasteiger partial charge is 0.243 e. The number of hydrogen-bond donors (Lipinski definition) is 0. The summed E-state index contributed by atoms with van der Waals surface area (Å²) in [7, 11) is -7.04. The van der Waals surface area contributed by atoms with Gasteiger partial charge in [-0.05, 0) is 61.1 Å². The monoisotopic (exact) mass is 480 g/mol. The minimum Gasteiger partial charge on any atom is -0.207 e. The van der Waals surface area contributed by atoms with Crippen molar-refractivity contribution in [1.82, 2.24) is 8.61 Å². The Labute approximate surface area is 194 Å². The van der Waals surface area contributed by atoms with Crippen LogP contribution in [0.2, 0.25) is 0 Å². The van der Waals surface area contributed by atoms with Crippen molar-refractivity contribution < 1.29 is 16.8 Å². The molecule has 0 aliphatic rings. The first-order valence-corrected chi connectivity index (χ1v) is 14.3. The van der Waals surface area contributed by atoms with E-state index in [0.29, 0.717) is 26.2 Å². The highest BCUT2D eigenvalue weighted by atomic mass is 32.2. The van der Waals surface area contributed by atoms with Crippen molar-refractivity contribution in [1.29, 1.82) is 0 Å². The SMILES string of the molecule is CCCN(CCC)S(=O)(=O)c1ccc(-c2ccc(S(=O)(=O)N(CCC)CCC)cc2)cc1. The molecule has 8 heteroatoms. The summed E-state index contributed by atoms with van der Waals surface area (Å²) in [6.45, 7) is 9.87. The molecule has 0 amide bonds. The lowest BCUT2D eigenvalue weighted by Gasteiger charge is -2.21. The third-order valence-corrected chi connectivity index (χ3v) is 9.04. The molecular formula is C24H36N2O4S2. The Kier molecular flexibility index (Phi) is 9.88. The number of benzene rings is 2. The first kappa shape index (κ1) is 26.5. The molecule has 2 aromatic carbocycles. The summed E-state index contributed by atoms with van der Waals surface area (Å²) in [6.07, 6.45) is 3.06. The molecule has 0 aliphatic carbocycles. The van der Waals surface area contributed by atoms with Gasteiger partial charge < -0.3 is 0 Å². The van der Waals surface area contributed by atoms with Gasteiger partial charge in [-0.1, -0.05) is 52.0 Å². The van der Waals surface area contributed by atoms with Gasteiger partial charge in [0.25, 0.3) is 0 Å². The lowest BCUT2D eigenvalue weighted by molar-refractivity contribution is 0.409. The van der Waals surface area contributed by atoms with Crippen molar-refractivity contribution in [2.24, 2.45) is 0 Å². The van der Waals surface area contributed by atoms with Gasteiger partial charge in [0, 0.05) is 26.2 Å². The molecule has 0 saturated heterocycles. The fraction of sp³-hybridized carbons (Fsp3) is 0.500. The molecule has 0 aliphatic heterocycles. The van der Waals surface area contributed by atoms with Gasteiger partial charge in [0.05, 0.1) is 9.79 Å². The van der Waals surface area contributed by atoms with Gasteiger partial charge in [-0.3, -0.25) is 0 Å². The highest BCUT2D eigenvalue weighted by Gasteiger charge is 2.24. The van der Waals surface area contributed by atoms with Crippen molar-refractivity contribution >= 4 is 20.0 Å². The fourth-order valence-electron chi connectivity index (χ4n) is 3.64. The number of hydrogen-bond acceptors (Lipinski definition) is 4. The Morgan fingerprint density at radius 3 is 0.969 bits per heavy atom. The maximum Gasteiger partial charge on any atom is 0.243 e. The molecule has 32 heavy (non-hydrogen) atoms. The third kappa shape index (κ3) is 6.19. The summed E-state index contributed by atoms with van der Waals surface area (Å²) in [6, 6.07) is 13.6. The smallest absolute Gasteiger partial charge is 0.207 e. The molecule has 0 N–H and O–H groups in total. The van der Waals surface area contributed by atoms with Crippen LogP contribution in [0.3, 0.4) is 0 Å². The van der Waals surface area contributed by atoms with Gasteiger partial charge >= 0.3 is 0 Å².